The molecule has 0 atom stereocenters. The highest BCUT2D eigenvalue weighted by Gasteiger charge is 2.27. The maximum atomic E-state index is 3.74. The van der Waals surface area contributed by atoms with Crippen molar-refractivity contribution < 1.29 is 0 Å². The van der Waals surface area contributed by atoms with Crippen molar-refractivity contribution in [1.82, 2.24) is 0 Å². The fourth-order valence-corrected chi connectivity index (χ4v) is 12.0. The maximum Gasteiger partial charge on any atom is 0.0462 e. The Morgan fingerprint density at radius 2 is 0.418 bits per heavy atom. The Bertz CT molecular complexity index is 3080. The Morgan fingerprint density at radius 1 is 0.224 bits per heavy atom. The molecule has 3 aliphatic carbocycles. The van der Waals surface area contributed by atoms with Gasteiger partial charge in [-0.15, -0.1) is 0 Å². The van der Waals surface area contributed by atoms with Crippen LogP contribution in [0.2, 0.25) is 0 Å². The molecule has 0 bridgehead atoms. The lowest BCUT2D eigenvalue weighted by Crippen LogP contribution is -2.09. The van der Waals surface area contributed by atoms with E-state index in [9.17, 15) is 0 Å². The third kappa shape index (κ3) is 7.96. The summed E-state index contributed by atoms with van der Waals surface area (Å²) in [5.74, 6) is 0. The zero-order valence-electron chi connectivity index (χ0n) is 35.3. The number of fused-ring (bicyclic) bond motifs is 9. The molecule has 7 heteroatoms. The fourth-order valence-electron chi connectivity index (χ4n) is 9.85. The molecule has 0 aliphatic heterocycles. The molecule has 3 aliphatic rings. The number of rotatable bonds is 6. The first kappa shape index (κ1) is 43.2. The molecule has 0 N–H and O–H groups in total. The highest BCUT2D eigenvalue weighted by atomic mass is 79.9. The molecular formula is C60H33Br6N. The van der Waals surface area contributed by atoms with Gasteiger partial charge in [0.1, 0.15) is 0 Å². The zero-order valence-corrected chi connectivity index (χ0v) is 44.8. The van der Waals surface area contributed by atoms with Crippen LogP contribution >= 0.6 is 95.6 Å². The maximum absolute atomic E-state index is 3.74. The lowest BCUT2D eigenvalue weighted by Gasteiger charge is -2.26. The second-order valence-corrected chi connectivity index (χ2v) is 22.4. The van der Waals surface area contributed by atoms with Gasteiger partial charge in [0.2, 0.25) is 0 Å². The summed E-state index contributed by atoms with van der Waals surface area (Å²) in [5, 5.41) is 0. The van der Waals surface area contributed by atoms with Gasteiger partial charge in [0.25, 0.3) is 0 Å². The molecule has 9 aromatic carbocycles. The average molecular weight is 1250 g/mol. The molecule has 0 radical (unpaired) electrons. The topological polar surface area (TPSA) is 3.24 Å². The summed E-state index contributed by atoms with van der Waals surface area (Å²) >= 11 is 22.4. The van der Waals surface area contributed by atoms with E-state index in [0.29, 0.717) is 0 Å². The van der Waals surface area contributed by atoms with Crippen molar-refractivity contribution in [2.75, 3.05) is 4.90 Å². The van der Waals surface area contributed by atoms with Crippen LogP contribution in [0, 0.1) is 0 Å². The Balaban J connectivity index is 0.937. The van der Waals surface area contributed by atoms with Crippen LogP contribution in [-0.2, 0) is 0 Å². The molecule has 9 aromatic rings. The number of anilines is 3. The van der Waals surface area contributed by atoms with Gasteiger partial charge in [0.05, 0.1) is 0 Å². The lowest BCUT2D eigenvalue weighted by molar-refractivity contribution is 1.28. The summed E-state index contributed by atoms with van der Waals surface area (Å²) in [4.78, 5) is 2.35. The Morgan fingerprint density at radius 3 is 0.612 bits per heavy atom. The third-order valence-corrected chi connectivity index (χ3v) is 15.8. The predicted molar refractivity (Wildman–Crippen MR) is 304 cm³/mol. The van der Waals surface area contributed by atoms with E-state index in [2.05, 4.69) is 301 Å². The lowest BCUT2D eigenvalue weighted by atomic mass is 10.00. The molecule has 0 amide bonds. The van der Waals surface area contributed by atoms with E-state index < -0.39 is 0 Å². The minimum atomic E-state index is 1.07. The van der Waals surface area contributed by atoms with Crippen molar-refractivity contribution in [2.24, 2.45) is 0 Å². The van der Waals surface area contributed by atoms with Gasteiger partial charge in [-0.05, 0) is 228 Å². The fraction of sp³-hybridized carbons (Fsp3) is 0. The molecule has 0 spiro atoms. The van der Waals surface area contributed by atoms with Gasteiger partial charge >= 0.3 is 0 Å². The number of halogens is 6. The first-order chi connectivity index (χ1) is 32.6. The van der Waals surface area contributed by atoms with Crippen molar-refractivity contribution in [3.63, 3.8) is 0 Å². The number of hydrogen-bond acceptors (Lipinski definition) is 1. The van der Waals surface area contributed by atoms with Gasteiger partial charge < -0.3 is 4.90 Å². The van der Waals surface area contributed by atoms with Gasteiger partial charge in [-0.1, -0.05) is 168 Å². The van der Waals surface area contributed by atoms with Crippen LogP contribution in [0.4, 0.5) is 17.1 Å². The smallest absolute Gasteiger partial charge is 0.0462 e. The van der Waals surface area contributed by atoms with E-state index >= 15 is 0 Å². The molecule has 0 aromatic heterocycles. The van der Waals surface area contributed by atoms with Crippen LogP contribution < -0.4 is 4.90 Å². The van der Waals surface area contributed by atoms with Crippen molar-refractivity contribution in [3.8, 4) is 33.4 Å². The van der Waals surface area contributed by atoms with Gasteiger partial charge in [0.15, 0.2) is 0 Å². The molecular weight excluding hydrogens is 1210 g/mol. The standard InChI is InChI=1S/C60H33Br6N/c61-37-7-19-46-47-20-8-38(62)29-56(47)52(55(46)28-37)25-34-1-13-43(14-2-34)67(44-15-3-35(4-16-44)26-53-57-30-39(63)9-21-48(57)49-22-10-40(64)31-58(49)53)45-17-5-36(6-18-45)27-54-59-32-41(65)11-23-50(59)51-24-12-42(66)33-60(51)54/h1-33H. The monoisotopic (exact) mass is 1240 g/mol. The van der Waals surface area contributed by atoms with E-state index in [4.69, 9.17) is 0 Å². The molecule has 0 saturated heterocycles. The highest BCUT2D eigenvalue weighted by Crippen LogP contribution is 2.50. The minimum Gasteiger partial charge on any atom is -0.311 e. The molecule has 67 heavy (non-hydrogen) atoms. The quantitative estimate of drug-likeness (QED) is 0.160. The highest BCUT2D eigenvalue weighted by molar-refractivity contribution is 9.11. The van der Waals surface area contributed by atoms with Crippen LogP contribution in [-0.4, -0.2) is 0 Å². The van der Waals surface area contributed by atoms with Gasteiger partial charge in [-0.2, -0.15) is 0 Å². The van der Waals surface area contributed by atoms with E-state index in [-0.39, 0.29) is 0 Å². The van der Waals surface area contributed by atoms with Crippen molar-refractivity contribution in [3.05, 3.63) is 259 Å². The first-order valence-corrected chi connectivity index (χ1v) is 26.4. The normalized spacial score (nSPS) is 12.5. The Kier molecular flexibility index (Phi) is 11.2. The summed E-state index contributed by atoms with van der Waals surface area (Å²) < 4.78 is 6.40. The molecule has 12 rings (SSSR count). The van der Waals surface area contributed by atoms with Crippen molar-refractivity contribution in [1.29, 1.82) is 0 Å². The summed E-state index contributed by atoms with van der Waals surface area (Å²) in [6.07, 6.45) is 6.94. The Labute approximate surface area is 440 Å². The van der Waals surface area contributed by atoms with Crippen LogP contribution in [0.15, 0.2) is 209 Å². The molecule has 1 nitrogen and oxygen atoms in total. The molecule has 0 unspecified atom stereocenters. The van der Waals surface area contributed by atoms with Crippen LogP contribution in [0.5, 0.6) is 0 Å². The van der Waals surface area contributed by atoms with E-state index in [1.54, 1.807) is 0 Å². The van der Waals surface area contributed by atoms with E-state index in [1.165, 1.54) is 83.5 Å². The summed E-state index contributed by atoms with van der Waals surface area (Å²) in [7, 11) is 0. The van der Waals surface area contributed by atoms with Crippen molar-refractivity contribution >= 4 is 148 Å². The molecule has 0 fully saturated rings. The largest absolute Gasteiger partial charge is 0.311 e. The minimum absolute atomic E-state index is 1.07. The SMILES string of the molecule is Brc1ccc2c(c1)C(=Cc1ccc(N(c3ccc(C=C4c5cc(Br)ccc5-c5ccc(Br)cc54)cc3)c3ccc(C=C4c5cc(Br)ccc5-c5ccc(Br)cc54)cc3)cc1)c1cc(Br)ccc1-2. The van der Waals surface area contributed by atoms with Crippen molar-refractivity contribution in [2.45, 2.75) is 0 Å². The van der Waals surface area contributed by atoms with E-state index in [0.717, 1.165) is 60.6 Å². The average Bonchev–Trinajstić information content (AvgIpc) is 3.90. The Hall–Kier alpha value is -5.12. The zero-order chi connectivity index (χ0) is 45.5. The predicted octanol–water partition coefficient (Wildman–Crippen LogP) is 20.4. The molecule has 0 heterocycles. The summed E-state index contributed by atoms with van der Waals surface area (Å²) in [6.45, 7) is 0. The second-order valence-electron chi connectivity index (χ2n) is 16.9. The van der Waals surface area contributed by atoms with Gasteiger partial charge in [-0.25, -0.2) is 0 Å². The molecule has 0 saturated carbocycles. The van der Waals surface area contributed by atoms with Gasteiger partial charge in [-0.3, -0.25) is 0 Å². The van der Waals surface area contributed by atoms with Crippen LogP contribution in [0.1, 0.15) is 50.1 Å². The third-order valence-electron chi connectivity index (χ3n) is 12.9. The first-order valence-electron chi connectivity index (χ1n) is 21.7. The second kappa shape index (κ2) is 17.4. The molecule has 320 valence electrons. The number of nitrogens with zero attached hydrogens (tertiary/aromatic N) is 1. The number of benzene rings is 9. The summed E-state index contributed by atoms with van der Waals surface area (Å²) in [6, 6.07) is 66.2. The van der Waals surface area contributed by atoms with Crippen LogP contribution in [0.3, 0.4) is 0 Å². The summed E-state index contributed by atoms with van der Waals surface area (Å²) in [5.41, 5.74) is 25.1. The van der Waals surface area contributed by atoms with E-state index in [1.807, 2.05) is 0 Å². The van der Waals surface area contributed by atoms with Gasteiger partial charge in [0, 0.05) is 43.9 Å². The van der Waals surface area contributed by atoms with Crippen LogP contribution in [0.25, 0.3) is 68.3 Å². The number of hydrogen-bond donors (Lipinski definition) is 0.